The van der Waals surface area contributed by atoms with Gasteiger partial charge >= 0.3 is 5.97 Å². The third-order valence-electron chi connectivity index (χ3n) is 3.08. The average molecular weight is 252 g/mol. The minimum absolute atomic E-state index is 0.248. The predicted octanol–water partition coefficient (Wildman–Crippen LogP) is 4.43. The lowest BCUT2D eigenvalue weighted by molar-refractivity contribution is 0.0692. The summed E-state index contributed by atoms with van der Waals surface area (Å²) in [4.78, 5) is 10.7. The van der Waals surface area contributed by atoms with Crippen molar-refractivity contribution in [3.63, 3.8) is 0 Å². The van der Waals surface area contributed by atoms with Gasteiger partial charge in [0.05, 0.1) is 5.56 Å². The molecular formula is C15H21FO2. The van der Waals surface area contributed by atoms with Crippen LogP contribution < -0.4 is 0 Å². The number of hydrogen-bond acceptors (Lipinski definition) is 1. The first kappa shape index (κ1) is 14.7. The van der Waals surface area contributed by atoms with Gasteiger partial charge in [-0.15, -0.1) is 0 Å². The molecule has 0 aliphatic carbocycles. The fourth-order valence-electron chi connectivity index (χ4n) is 2.00. The summed E-state index contributed by atoms with van der Waals surface area (Å²) in [7, 11) is 0. The Hall–Kier alpha value is -1.38. The number of halogens is 1. The molecule has 18 heavy (non-hydrogen) atoms. The van der Waals surface area contributed by atoms with E-state index in [1.807, 2.05) is 0 Å². The summed E-state index contributed by atoms with van der Waals surface area (Å²) in [6, 6.07) is 4.40. The second kappa shape index (κ2) is 7.85. The molecule has 0 spiro atoms. The molecule has 0 unspecified atom stereocenters. The number of carboxylic acids is 1. The quantitative estimate of drug-likeness (QED) is 0.695. The molecule has 0 atom stereocenters. The van der Waals surface area contributed by atoms with Gasteiger partial charge in [-0.2, -0.15) is 0 Å². The minimum Gasteiger partial charge on any atom is -0.478 e. The van der Waals surface area contributed by atoms with Crippen LogP contribution >= 0.6 is 0 Å². The van der Waals surface area contributed by atoms with E-state index in [2.05, 4.69) is 6.92 Å². The predicted molar refractivity (Wildman–Crippen MR) is 70.4 cm³/mol. The fraction of sp³-hybridized carbons (Fsp3) is 0.533. The molecule has 0 saturated carbocycles. The van der Waals surface area contributed by atoms with Gasteiger partial charge in [-0.05, 0) is 30.5 Å². The second-order valence-corrected chi connectivity index (χ2v) is 4.64. The first-order valence-electron chi connectivity index (χ1n) is 6.67. The monoisotopic (exact) mass is 252 g/mol. The van der Waals surface area contributed by atoms with E-state index in [1.54, 1.807) is 6.07 Å². The van der Waals surface area contributed by atoms with Crippen molar-refractivity contribution in [1.29, 1.82) is 0 Å². The highest BCUT2D eigenvalue weighted by Gasteiger charge is 2.09. The number of aromatic carboxylic acids is 1. The van der Waals surface area contributed by atoms with E-state index < -0.39 is 11.8 Å². The van der Waals surface area contributed by atoms with Crippen molar-refractivity contribution < 1.29 is 14.3 Å². The van der Waals surface area contributed by atoms with Gasteiger partial charge < -0.3 is 5.11 Å². The zero-order chi connectivity index (χ0) is 13.4. The summed E-state index contributed by atoms with van der Waals surface area (Å²) in [5.41, 5.74) is 0.634. The molecule has 100 valence electrons. The summed E-state index contributed by atoms with van der Waals surface area (Å²) in [5, 5.41) is 8.71. The SMILES string of the molecule is CCCCCCCCc1ccc(C(=O)O)c(F)c1. The number of aryl methyl sites for hydroxylation is 1. The van der Waals surface area contributed by atoms with Gasteiger partial charge in [0.1, 0.15) is 5.82 Å². The molecule has 3 heteroatoms. The maximum absolute atomic E-state index is 13.4. The molecule has 0 radical (unpaired) electrons. The van der Waals surface area contributed by atoms with Crippen LogP contribution in [0.5, 0.6) is 0 Å². The fourth-order valence-corrected chi connectivity index (χ4v) is 2.00. The van der Waals surface area contributed by atoms with Gasteiger partial charge in [0.2, 0.25) is 0 Å². The number of benzene rings is 1. The summed E-state index contributed by atoms with van der Waals surface area (Å²) in [5.74, 6) is -1.84. The van der Waals surface area contributed by atoms with Gasteiger partial charge in [0.25, 0.3) is 0 Å². The van der Waals surface area contributed by atoms with Gasteiger partial charge in [-0.1, -0.05) is 45.1 Å². The number of hydrogen-bond donors (Lipinski definition) is 1. The third kappa shape index (κ3) is 4.86. The molecule has 1 aromatic carbocycles. The molecule has 0 heterocycles. The van der Waals surface area contributed by atoms with Crippen molar-refractivity contribution in [2.24, 2.45) is 0 Å². The van der Waals surface area contributed by atoms with Gasteiger partial charge in [-0.25, -0.2) is 9.18 Å². The Bertz CT molecular complexity index is 388. The maximum Gasteiger partial charge on any atom is 0.338 e. The lowest BCUT2D eigenvalue weighted by atomic mass is 10.0. The lowest BCUT2D eigenvalue weighted by Gasteiger charge is -2.04. The normalized spacial score (nSPS) is 10.6. The first-order valence-corrected chi connectivity index (χ1v) is 6.67. The van der Waals surface area contributed by atoms with Crippen LogP contribution in [0.2, 0.25) is 0 Å². The van der Waals surface area contributed by atoms with E-state index in [1.165, 1.54) is 37.8 Å². The zero-order valence-corrected chi connectivity index (χ0v) is 10.9. The standard InChI is InChI=1S/C15H21FO2/c1-2-3-4-5-6-7-8-12-9-10-13(15(17)18)14(16)11-12/h9-11H,2-8H2,1H3,(H,17,18). The van der Waals surface area contributed by atoms with E-state index in [9.17, 15) is 9.18 Å². The maximum atomic E-state index is 13.4. The summed E-state index contributed by atoms with van der Waals surface area (Å²) in [6.45, 7) is 2.19. The lowest BCUT2D eigenvalue weighted by Crippen LogP contribution is -2.01. The van der Waals surface area contributed by atoms with Crippen LogP contribution in [0.4, 0.5) is 4.39 Å². The molecule has 2 nitrogen and oxygen atoms in total. The number of carboxylic acid groups (broad SMARTS) is 1. The van der Waals surface area contributed by atoms with Crippen molar-refractivity contribution in [2.45, 2.75) is 51.9 Å². The highest BCUT2D eigenvalue weighted by molar-refractivity contribution is 5.87. The van der Waals surface area contributed by atoms with Crippen molar-refractivity contribution >= 4 is 5.97 Å². The Morgan fingerprint density at radius 1 is 1.17 bits per heavy atom. The van der Waals surface area contributed by atoms with Crippen LogP contribution in [0, 0.1) is 5.82 Å². The topological polar surface area (TPSA) is 37.3 Å². The molecule has 0 aliphatic heterocycles. The second-order valence-electron chi connectivity index (χ2n) is 4.64. The molecule has 0 bridgehead atoms. The molecule has 0 fully saturated rings. The number of carbonyl (C=O) groups is 1. The highest BCUT2D eigenvalue weighted by atomic mass is 19.1. The van der Waals surface area contributed by atoms with E-state index in [0.717, 1.165) is 24.8 Å². The molecule has 0 amide bonds. The Labute approximate surface area is 108 Å². The van der Waals surface area contributed by atoms with Crippen LogP contribution in [0.1, 0.15) is 61.4 Å². The van der Waals surface area contributed by atoms with Crippen LogP contribution in [-0.2, 0) is 6.42 Å². The molecule has 0 saturated heterocycles. The van der Waals surface area contributed by atoms with E-state index >= 15 is 0 Å². The van der Waals surface area contributed by atoms with E-state index in [-0.39, 0.29) is 5.56 Å². The van der Waals surface area contributed by atoms with Crippen molar-refractivity contribution in [3.8, 4) is 0 Å². The van der Waals surface area contributed by atoms with Crippen molar-refractivity contribution in [2.75, 3.05) is 0 Å². The van der Waals surface area contributed by atoms with Crippen molar-refractivity contribution in [1.82, 2.24) is 0 Å². The molecule has 1 N–H and O–H groups in total. The Morgan fingerprint density at radius 3 is 2.44 bits per heavy atom. The van der Waals surface area contributed by atoms with Crippen molar-refractivity contribution in [3.05, 3.63) is 35.1 Å². The van der Waals surface area contributed by atoms with Gasteiger partial charge in [-0.3, -0.25) is 0 Å². The van der Waals surface area contributed by atoms with Crippen LogP contribution in [0.3, 0.4) is 0 Å². The molecular weight excluding hydrogens is 231 g/mol. The average Bonchev–Trinajstić information content (AvgIpc) is 2.33. The van der Waals surface area contributed by atoms with E-state index in [0.29, 0.717) is 0 Å². The summed E-state index contributed by atoms with van der Waals surface area (Å²) < 4.78 is 13.4. The molecule has 1 aromatic rings. The third-order valence-corrected chi connectivity index (χ3v) is 3.08. The first-order chi connectivity index (χ1) is 8.65. The van der Waals surface area contributed by atoms with E-state index in [4.69, 9.17) is 5.11 Å². The van der Waals surface area contributed by atoms with Gasteiger partial charge in [0.15, 0.2) is 0 Å². The van der Waals surface area contributed by atoms with Crippen LogP contribution in [0.15, 0.2) is 18.2 Å². The minimum atomic E-state index is -1.21. The number of rotatable bonds is 8. The smallest absolute Gasteiger partial charge is 0.338 e. The van der Waals surface area contributed by atoms with Crippen LogP contribution in [-0.4, -0.2) is 11.1 Å². The number of unbranched alkanes of at least 4 members (excludes halogenated alkanes) is 5. The highest BCUT2D eigenvalue weighted by Crippen LogP contribution is 2.14. The molecule has 0 aliphatic rings. The molecule has 0 aromatic heterocycles. The molecule has 1 rings (SSSR count). The Morgan fingerprint density at radius 2 is 1.83 bits per heavy atom. The summed E-state index contributed by atoms with van der Waals surface area (Å²) in [6.07, 6.45) is 8.02. The Balaban J connectivity index is 2.35. The zero-order valence-electron chi connectivity index (χ0n) is 10.9. The van der Waals surface area contributed by atoms with Crippen LogP contribution in [0.25, 0.3) is 0 Å². The Kier molecular flexibility index (Phi) is 6.40. The summed E-state index contributed by atoms with van der Waals surface area (Å²) >= 11 is 0. The van der Waals surface area contributed by atoms with Gasteiger partial charge in [0, 0.05) is 0 Å². The largest absolute Gasteiger partial charge is 0.478 e.